The van der Waals surface area contributed by atoms with Crippen LogP contribution >= 0.6 is 0 Å². The van der Waals surface area contributed by atoms with E-state index in [1.165, 1.54) is 0 Å². The van der Waals surface area contributed by atoms with Gasteiger partial charge < -0.3 is 10.1 Å². The molecule has 9 heteroatoms. The molecule has 3 aromatic rings. The van der Waals surface area contributed by atoms with Crippen molar-refractivity contribution in [3.8, 4) is 11.9 Å². The topological polar surface area (TPSA) is 109 Å². The van der Waals surface area contributed by atoms with Gasteiger partial charge in [-0.05, 0) is 62.3 Å². The summed E-state index contributed by atoms with van der Waals surface area (Å²) in [6.45, 7) is 9.61. The lowest BCUT2D eigenvalue weighted by Crippen LogP contribution is -2.47. The van der Waals surface area contributed by atoms with Gasteiger partial charge in [0.05, 0.1) is 59.7 Å². The Bertz CT molecular complexity index is 1290. The van der Waals surface area contributed by atoms with Crippen molar-refractivity contribution < 1.29 is 9.53 Å². The van der Waals surface area contributed by atoms with Gasteiger partial charge in [0.25, 0.3) is 5.91 Å². The van der Waals surface area contributed by atoms with E-state index in [1.807, 2.05) is 37.4 Å². The minimum absolute atomic E-state index is 0.261. The van der Waals surface area contributed by atoms with Crippen molar-refractivity contribution in [3.63, 3.8) is 0 Å². The number of ether oxygens (including phenoxy) is 1. The second kappa shape index (κ2) is 11.0. The van der Waals surface area contributed by atoms with E-state index in [0.29, 0.717) is 34.7 Å². The van der Waals surface area contributed by atoms with Crippen molar-refractivity contribution >= 4 is 11.6 Å². The summed E-state index contributed by atoms with van der Waals surface area (Å²) in [5.74, 6) is 0.801. The van der Waals surface area contributed by atoms with E-state index in [4.69, 9.17) is 4.74 Å². The number of carbonyl (C=O) groups is 1. The number of nitriles is 1. The van der Waals surface area contributed by atoms with Crippen molar-refractivity contribution in [1.29, 1.82) is 5.26 Å². The van der Waals surface area contributed by atoms with E-state index in [2.05, 4.69) is 45.2 Å². The predicted molar refractivity (Wildman–Crippen MR) is 144 cm³/mol. The smallest absolute Gasteiger partial charge is 0.259 e. The normalized spacial score (nSPS) is 22.2. The van der Waals surface area contributed by atoms with Crippen LogP contribution in [0.5, 0.6) is 0 Å². The van der Waals surface area contributed by atoms with Crippen molar-refractivity contribution in [3.05, 3.63) is 65.4 Å². The highest BCUT2D eigenvalue weighted by atomic mass is 16.5. The molecule has 1 saturated heterocycles. The first-order valence-electron chi connectivity index (χ1n) is 13.4. The Labute approximate surface area is 223 Å². The fourth-order valence-corrected chi connectivity index (χ4v) is 5.51. The van der Waals surface area contributed by atoms with Crippen LogP contribution in [-0.4, -0.2) is 62.9 Å². The second-order valence-corrected chi connectivity index (χ2v) is 10.6. The van der Waals surface area contributed by atoms with E-state index in [9.17, 15) is 10.1 Å². The van der Waals surface area contributed by atoms with Crippen LogP contribution < -0.4 is 5.32 Å². The maximum absolute atomic E-state index is 13.0. The first-order valence-corrected chi connectivity index (χ1v) is 13.4. The number of rotatable bonds is 6. The lowest BCUT2D eigenvalue weighted by Gasteiger charge is -2.41. The number of pyridine rings is 2. The summed E-state index contributed by atoms with van der Waals surface area (Å²) >= 11 is 0. The summed E-state index contributed by atoms with van der Waals surface area (Å²) < 4.78 is 7.16. The van der Waals surface area contributed by atoms with Gasteiger partial charge in [0.1, 0.15) is 0 Å². The van der Waals surface area contributed by atoms with Gasteiger partial charge in [0, 0.05) is 25.3 Å². The van der Waals surface area contributed by atoms with Crippen LogP contribution in [0.1, 0.15) is 72.8 Å². The standard InChI is InChI=1S/C29H35N7O2/c1-20(2)22-4-7-27(32-16-22)36-21(3)25(18-33-36)28(37)34-23-5-6-26(31-17-23)29(19-30)10-8-24(9-11-29)35-12-14-38-15-13-35/h4-7,16-18,20,24H,8-15H2,1-3H3,(H,34,37). The molecular formula is C29H35N7O2. The number of amides is 1. The zero-order valence-corrected chi connectivity index (χ0v) is 22.4. The fraction of sp³-hybridized carbons (Fsp3) is 0.483. The average Bonchev–Trinajstić information content (AvgIpc) is 3.35. The number of anilines is 1. The Balaban J connectivity index is 1.24. The highest BCUT2D eigenvalue weighted by molar-refractivity contribution is 6.04. The number of hydrogen-bond acceptors (Lipinski definition) is 7. The second-order valence-electron chi connectivity index (χ2n) is 10.6. The van der Waals surface area contributed by atoms with Crippen LogP contribution in [0.15, 0.2) is 42.9 Å². The van der Waals surface area contributed by atoms with Crippen LogP contribution in [0.2, 0.25) is 0 Å². The summed E-state index contributed by atoms with van der Waals surface area (Å²) in [4.78, 5) is 24.7. The molecule has 0 spiro atoms. The summed E-state index contributed by atoms with van der Waals surface area (Å²) in [7, 11) is 0. The summed E-state index contributed by atoms with van der Waals surface area (Å²) in [5, 5.41) is 17.4. The van der Waals surface area contributed by atoms with Gasteiger partial charge in [-0.25, -0.2) is 9.67 Å². The molecule has 5 rings (SSSR count). The SMILES string of the molecule is Cc1c(C(=O)Nc2ccc(C3(C#N)CCC(N4CCOCC4)CC3)nc2)cnn1-c1ccc(C(C)C)cn1. The molecule has 0 aromatic carbocycles. The monoisotopic (exact) mass is 513 g/mol. The van der Waals surface area contributed by atoms with Gasteiger partial charge in [-0.1, -0.05) is 19.9 Å². The van der Waals surface area contributed by atoms with Crippen LogP contribution in [0.4, 0.5) is 5.69 Å². The lowest BCUT2D eigenvalue weighted by molar-refractivity contribution is 0.00493. The maximum Gasteiger partial charge on any atom is 0.259 e. The lowest BCUT2D eigenvalue weighted by atomic mass is 9.71. The van der Waals surface area contributed by atoms with Crippen LogP contribution in [0.3, 0.4) is 0 Å². The molecule has 1 saturated carbocycles. The molecule has 1 aliphatic carbocycles. The molecule has 1 aliphatic heterocycles. The molecule has 9 nitrogen and oxygen atoms in total. The number of morpholine rings is 1. The zero-order valence-electron chi connectivity index (χ0n) is 22.4. The predicted octanol–water partition coefficient (Wildman–Crippen LogP) is 4.38. The van der Waals surface area contributed by atoms with Crippen LogP contribution in [0, 0.1) is 18.3 Å². The van der Waals surface area contributed by atoms with Crippen molar-refractivity contribution in [2.24, 2.45) is 0 Å². The third kappa shape index (κ3) is 5.19. The first-order chi connectivity index (χ1) is 18.4. The molecule has 3 aromatic heterocycles. The third-order valence-corrected chi connectivity index (χ3v) is 8.01. The number of nitrogens with one attached hydrogen (secondary N) is 1. The van der Waals surface area contributed by atoms with Gasteiger partial charge >= 0.3 is 0 Å². The molecule has 0 radical (unpaired) electrons. The van der Waals surface area contributed by atoms with Gasteiger partial charge in [-0.2, -0.15) is 10.4 Å². The molecule has 2 fully saturated rings. The molecular weight excluding hydrogens is 478 g/mol. The first kappa shape index (κ1) is 26.0. The van der Waals surface area contributed by atoms with E-state index in [1.54, 1.807) is 17.1 Å². The molecule has 2 aliphatic rings. The minimum atomic E-state index is -0.582. The molecule has 0 atom stereocenters. The quantitative estimate of drug-likeness (QED) is 0.521. The van der Waals surface area contributed by atoms with E-state index < -0.39 is 5.41 Å². The van der Waals surface area contributed by atoms with Gasteiger partial charge in [-0.15, -0.1) is 0 Å². The molecule has 0 unspecified atom stereocenters. The average molecular weight is 514 g/mol. The van der Waals surface area contributed by atoms with Gasteiger partial charge in [0.2, 0.25) is 0 Å². The van der Waals surface area contributed by atoms with Crippen molar-refractivity contribution in [1.82, 2.24) is 24.6 Å². The zero-order chi connectivity index (χ0) is 26.7. The molecule has 4 heterocycles. The molecule has 38 heavy (non-hydrogen) atoms. The number of hydrogen-bond donors (Lipinski definition) is 1. The number of nitrogens with zero attached hydrogens (tertiary/aromatic N) is 6. The molecule has 198 valence electrons. The van der Waals surface area contributed by atoms with Crippen LogP contribution in [0.25, 0.3) is 5.82 Å². The molecule has 0 bridgehead atoms. The highest BCUT2D eigenvalue weighted by Gasteiger charge is 2.40. The van der Waals surface area contributed by atoms with Crippen molar-refractivity contribution in [2.75, 3.05) is 31.6 Å². The number of carbonyl (C=O) groups excluding carboxylic acids is 1. The summed E-state index contributed by atoms with van der Waals surface area (Å²) in [6.07, 6.45) is 8.58. The largest absolute Gasteiger partial charge is 0.379 e. The van der Waals surface area contributed by atoms with Crippen molar-refractivity contribution in [2.45, 2.75) is 63.8 Å². The van der Waals surface area contributed by atoms with Gasteiger partial charge in [-0.3, -0.25) is 14.7 Å². The van der Waals surface area contributed by atoms with E-state index in [-0.39, 0.29) is 5.91 Å². The Morgan fingerprint density at radius 3 is 2.47 bits per heavy atom. The maximum atomic E-state index is 13.0. The highest BCUT2D eigenvalue weighted by Crippen LogP contribution is 2.40. The van der Waals surface area contributed by atoms with Gasteiger partial charge in [0.15, 0.2) is 5.82 Å². The Morgan fingerprint density at radius 2 is 1.87 bits per heavy atom. The van der Waals surface area contributed by atoms with E-state index in [0.717, 1.165) is 63.2 Å². The van der Waals surface area contributed by atoms with Crippen LogP contribution in [-0.2, 0) is 10.2 Å². The summed E-state index contributed by atoms with van der Waals surface area (Å²) in [5.41, 5.74) is 3.10. The third-order valence-electron chi connectivity index (χ3n) is 8.01. The fourth-order valence-electron chi connectivity index (χ4n) is 5.51. The Morgan fingerprint density at radius 1 is 1.11 bits per heavy atom. The number of aromatic nitrogens is 4. The minimum Gasteiger partial charge on any atom is -0.379 e. The Kier molecular flexibility index (Phi) is 7.54. The van der Waals surface area contributed by atoms with E-state index >= 15 is 0 Å². The molecule has 1 amide bonds. The molecule has 1 N–H and O–H groups in total. The summed E-state index contributed by atoms with van der Waals surface area (Å²) in [6, 6.07) is 10.7. The Hall–Kier alpha value is -3.61.